The van der Waals surface area contributed by atoms with Crippen LogP contribution in [0.1, 0.15) is 19.3 Å². The summed E-state index contributed by atoms with van der Waals surface area (Å²) in [6, 6.07) is -0.579. The molecule has 1 N–H and O–H groups in total. The fraction of sp³-hybridized carbons (Fsp3) is 0.625. The van der Waals surface area contributed by atoms with Crippen LogP contribution >= 0.6 is 0 Å². The van der Waals surface area contributed by atoms with Crippen LogP contribution in [0, 0.1) is 0 Å². The molecule has 1 rings (SSSR count). The summed E-state index contributed by atoms with van der Waals surface area (Å²) in [7, 11) is 0. The van der Waals surface area contributed by atoms with Gasteiger partial charge in [0.1, 0.15) is 6.04 Å². The van der Waals surface area contributed by atoms with Crippen LogP contribution in [0.15, 0.2) is 0 Å². The molecule has 0 unspecified atom stereocenters. The molecule has 1 aliphatic rings. The van der Waals surface area contributed by atoms with E-state index in [1.165, 1.54) is 6.41 Å². The predicted molar refractivity (Wildman–Crippen MR) is 44.2 cm³/mol. The summed E-state index contributed by atoms with van der Waals surface area (Å²) in [5.74, 6) is -0.337. The van der Waals surface area contributed by atoms with Gasteiger partial charge in [-0.05, 0) is 19.3 Å². The summed E-state index contributed by atoms with van der Waals surface area (Å²) < 4.78 is 0. The van der Waals surface area contributed by atoms with E-state index in [4.69, 9.17) is 0 Å². The Morgan fingerprint density at radius 2 is 2.31 bits per heavy atom. The van der Waals surface area contributed by atoms with Gasteiger partial charge in [-0.1, -0.05) is 0 Å². The Labute approximate surface area is 76.1 Å². The maximum absolute atomic E-state index is 11.4. The van der Waals surface area contributed by atoms with Crippen molar-refractivity contribution in [1.29, 1.82) is 0 Å². The largest absolute Gasteiger partial charge is 0.336 e. The molecule has 0 aromatic carbocycles. The average molecular weight is 183 g/mol. The third-order valence-electron chi connectivity index (χ3n) is 2.08. The molecular weight excluding hydrogens is 172 g/mol. The van der Waals surface area contributed by atoms with Gasteiger partial charge in [0.15, 0.2) is 0 Å². The van der Waals surface area contributed by atoms with E-state index in [9.17, 15) is 14.4 Å². The van der Waals surface area contributed by atoms with Crippen molar-refractivity contribution in [3.63, 3.8) is 0 Å². The van der Waals surface area contributed by atoms with Crippen LogP contribution in [0.5, 0.6) is 0 Å². The highest BCUT2D eigenvalue weighted by Gasteiger charge is 2.25. The summed E-state index contributed by atoms with van der Waals surface area (Å²) in [4.78, 5) is 33.0. The first-order valence-electron chi connectivity index (χ1n) is 4.18. The second kappa shape index (κ2) is 4.59. The third-order valence-corrected chi connectivity index (χ3v) is 2.08. The van der Waals surface area contributed by atoms with E-state index in [0.29, 0.717) is 19.4 Å². The molecule has 1 saturated heterocycles. The van der Waals surface area contributed by atoms with Crippen molar-refractivity contribution < 1.29 is 14.4 Å². The Bertz CT molecular complexity index is 217. The molecule has 1 aliphatic heterocycles. The molecule has 0 aromatic rings. The molecule has 0 saturated carbocycles. The topological polar surface area (TPSA) is 66.5 Å². The van der Waals surface area contributed by atoms with E-state index in [1.807, 2.05) is 0 Å². The normalized spacial score (nSPS) is 23.5. The second-order valence-electron chi connectivity index (χ2n) is 2.93. The van der Waals surface area contributed by atoms with Crippen molar-refractivity contribution in [2.24, 2.45) is 0 Å². The number of nitrogens with zero attached hydrogens (tertiary/aromatic N) is 1. The van der Waals surface area contributed by atoms with E-state index < -0.39 is 6.04 Å². The highest BCUT2D eigenvalue weighted by Crippen LogP contribution is 2.10. The highest BCUT2D eigenvalue weighted by molar-refractivity contribution is 5.91. The summed E-state index contributed by atoms with van der Waals surface area (Å²) in [6.45, 7) is 0.444. The molecule has 1 heterocycles. The number of carbonyl (C=O) groups excluding carboxylic acids is 3. The van der Waals surface area contributed by atoms with Crippen LogP contribution in [0.3, 0.4) is 0 Å². The second-order valence-corrected chi connectivity index (χ2v) is 2.93. The number of hydrogen-bond acceptors (Lipinski definition) is 3. The standard InChI is InChI=1S/C8H11N2O3/c11-5-9-7-3-1-2-4-10(6-12)8(7)13/h6-7H,1-4H2,(H,9,11)/t7-/m0/s1. The van der Waals surface area contributed by atoms with Gasteiger partial charge in [-0.25, -0.2) is 0 Å². The van der Waals surface area contributed by atoms with Gasteiger partial charge in [0.25, 0.3) is 5.91 Å². The SMILES string of the molecule is O=[C]N[C@H]1CCCCN(C=O)C1=O. The smallest absolute Gasteiger partial charge is 0.309 e. The molecule has 1 fully saturated rings. The average Bonchev–Trinajstić information content (AvgIpc) is 2.30. The lowest BCUT2D eigenvalue weighted by molar-refractivity contribution is -0.138. The zero-order chi connectivity index (χ0) is 9.68. The van der Waals surface area contributed by atoms with Crippen molar-refractivity contribution in [2.75, 3.05) is 6.54 Å². The lowest BCUT2D eigenvalue weighted by Crippen LogP contribution is -2.44. The number of carbonyl (C=O) groups is 2. The van der Waals surface area contributed by atoms with Gasteiger partial charge in [0.2, 0.25) is 6.41 Å². The Kier molecular flexibility index (Phi) is 3.42. The first-order valence-corrected chi connectivity index (χ1v) is 4.18. The van der Waals surface area contributed by atoms with E-state index in [2.05, 4.69) is 5.32 Å². The minimum atomic E-state index is -0.579. The number of imide groups is 1. The third kappa shape index (κ3) is 2.27. The molecule has 1 radical (unpaired) electrons. The summed E-state index contributed by atoms with van der Waals surface area (Å²) in [5.41, 5.74) is 0. The van der Waals surface area contributed by atoms with Crippen LogP contribution < -0.4 is 5.32 Å². The number of rotatable bonds is 3. The van der Waals surface area contributed by atoms with Crippen molar-refractivity contribution in [3.05, 3.63) is 0 Å². The number of hydrogen-bond donors (Lipinski definition) is 1. The van der Waals surface area contributed by atoms with Gasteiger partial charge in [-0.3, -0.25) is 19.3 Å². The Balaban J connectivity index is 2.66. The molecule has 0 spiro atoms. The maximum Gasteiger partial charge on any atom is 0.309 e. The van der Waals surface area contributed by atoms with Gasteiger partial charge in [0, 0.05) is 6.54 Å². The van der Waals surface area contributed by atoms with Gasteiger partial charge in [-0.15, -0.1) is 0 Å². The van der Waals surface area contributed by atoms with E-state index in [1.54, 1.807) is 0 Å². The van der Waals surface area contributed by atoms with Crippen molar-refractivity contribution >= 4 is 18.7 Å². The van der Waals surface area contributed by atoms with Crippen molar-refractivity contribution in [1.82, 2.24) is 10.2 Å². The van der Waals surface area contributed by atoms with Gasteiger partial charge in [0.05, 0.1) is 0 Å². The molecule has 71 valence electrons. The van der Waals surface area contributed by atoms with Crippen LogP contribution in [-0.2, 0) is 14.4 Å². The number of likely N-dealkylation sites (tertiary alicyclic amines) is 1. The predicted octanol–water partition coefficient (Wildman–Crippen LogP) is -0.819. The van der Waals surface area contributed by atoms with Crippen LogP contribution in [0.4, 0.5) is 0 Å². The lowest BCUT2D eigenvalue weighted by atomic mass is 10.1. The van der Waals surface area contributed by atoms with Crippen LogP contribution in [-0.4, -0.2) is 36.2 Å². The quantitative estimate of drug-likeness (QED) is 0.459. The lowest BCUT2D eigenvalue weighted by Gasteiger charge is -2.16. The molecule has 13 heavy (non-hydrogen) atoms. The Morgan fingerprint density at radius 1 is 1.54 bits per heavy atom. The molecule has 3 amide bonds. The number of nitrogens with one attached hydrogen (secondary N) is 1. The Hall–Kier alpha value is -1.39. The van der Waals surface area contributed by atoms with E-state index in [-0.39, 0.29) is 5.91 Å². The number of amides is 3. The van der Waals surface area contributed by atoms with Gasteiger partial charge < -0.3 is 5.32 Å². The first-order chi connectivity index (χ1) is 6.29. The summed E-state index contributed by atoms with van der Waals surface area (Å²) in [5, 5.41) is 2.28. The molecule has 1 atom stereocenters. The van der Waals surface area contributed by atoms with Crippen molar-refractivity contribution in [2.45, 2.75) is 25.3 Å². The fourth-order valence-corrected chi connectivity index (χ4v) is 1.37. The molecule has 0 aromatic heterocycles. The van der Waals surface area contributed by atoms with Crippen molar-refractivity contribution in [3.8, 4) is 0 Å². The highest BCUT2D eigenvalue weighted by atomic mass is 16.2. The Morgan fingerprint density at radius 3 is 2.92 bits per heavy atom. The summed E-state index contributed by atoms with van der Waals surface area (Å²) in [6.07, 6.45) is 4.19. The van der Waals surface area contributed by atoms with E-state index >= 15 is 0 Å². The zero-order valence-electron chi connectivity index (χ0n) is 7.16. The molecule has 5 heteroatoms. The monoisotopic (exact) mass is 183 g/mol. The van der Waals surface area contributed by atoms with Gasteiger partial charge in [-0.2, -0.15) is 0 Å². The molecular formula is C8H11N2O3. The van der Waals surface area contributed by atoms with E-state index in [0.717, 1.165) is 17.7 Å². The fourth-order valence-electron chi connectivity index (χ4n) is 1.37. The first kappa shape index (κ1) is 9.70. The molecule has 0 aliphatic carbocycles. The van der Waals surface area contributed by atoms with Crippen LogP contribution in [0.25, 0.3) is 0 Å². The van der Waals surface area contributed by atoms with Crippen LogP contribution in [0.2, 0.25) is 0 Å². The molecule has 0 bridgehead atoms. The minimum Gasteiger partial charge on any atom is -0.336 e. The minimum absolute atomic E-state index is 0.337. The summed E-state index contributed by atoms with van der Waals surface area (Å²) >= 11 is 0. The molecule has 5 nitrogen and oxygen atoms in total. The van der Waals surface area contributed by atoms with Gasteiger partial charge >= 0.3 is 6.41 Å². The zero-order valence-corrected chi connectivity index (χ0v) is 7.16. The maximum atomic E-state index is 11.4.